The molecule has 0 amide bonds. The van der Waals surface area contributed by atoms with E-state index in [0.29, 0.717) is 18.0 Å². The summed E-state index contributed by atoms with van der Waals surface area (Å²) in [6.45, 7) is 4.46. The monoisotopic (exact) mass is 299 g/mol. The molecule has 0 aromatic heterocycles. The highest BCUT2D eigenvalue weighted by molar-refractivity contribution is 7.85. The van der Waals surface area contributed by atoms with Crippen molar-refractivity contribution in [3.63, 3.8) is 0 Å². The maximum Gasteiger partial charge on any atom is 0.0406 e. The maximum absolute atomic E-state index is 11.4. The second-order valence-corrected chi connectivity index (χ2v) is 7.69. The van der Waals surface area contributed by atoms with Gasteiger partial charge in [0.2, 0.25) is 0 Å². The zero-order valence-corrected chi connectivity index (χ0v) is 13.1. The quantitative estimate of drug-likeness (QED) is 0.921. The molecule has 0 aliphatic carbocycles. The van der Waals surface area contributed by atoms with Gasteiger partial charge < -0.3 is 5.32 Å². The molecular weight excluding hydrogens is 278 g/mol. The summed E-state index contributed by atoms with van der Waals surface area (Å²) in [5, 5.41) is 4.51. The lowest BCUT2D eigenvalue weighted by molar-refractivity contribution is 0.344. The normalized spacial score (nSPS) is 25.5. The van der Waals surface area contributed by atoms with E-state index in [0.717, 1.165) is 29.4 Å². The first-order chi connectivity index (χ1) is 9.06. The van der Waals surface area contributed by atoms with Crippen LogP contribution < -0.4 is 5.32 Å². The predicted octanol–water partition coefficient (Wildman–Crippen LogP) is 3.54. The summed E-state index contributed by atoms with van der Waals surface area (Å²) in [7, 11) is -0.591. The molecule has 0 spiro atoms. The summed E-state index contributed by atoms with van der Waals surface area (Å²) in [5.74, 6) is 2.19. The van der Waals surface area contributed by atoms with Gasteiger partial charge in [0.25, 0.3) is 0 Å². The van der Waals surface area contributed by atoms with Gasteiger partial charge in [0.1, 0.15) is 0 Å². The van der Waals surface area contributed by atoms with Gasteiger partial charge in [0, 0.05) is 39.4 Å². The van der Waals surface area contributed by atoms with Crippen molar-refractivity contribution in [3.8, 4) is 0 Å². The van der Waals surface area contributed by atoms with Gasteiger partial charge in [-0.25, -0.2) is 0 Å². The molecule has 1 aromatic rings. The van der Waals surface area contributed by atoms with Gasteiger partial charge in [-0.1, -0.05) is 37.6 Å². The number of hydrogen-bond acceptors (Lipinski definition) is 2. The highest BCUT2D eigenvalue weighted by atomic mass is 35.5. The van der Waals surface area contributed by atoms with Crippen molar-refractivity contribution < 1.29 is 4.21 Å². The fraction of sp³-hybridized carbons (Fsp3) is 0.600. The third-order valence-corrected chi connectivity index (χ3v) is 5.33. The zero-order chi connectivity index (χ0) is 13.8. The Labute approximate surface area is 123 Å². The zero-order valence-electron chi connectivity index (χ0n) is 11.6. The first kappa shape index (κ1) is 15.0. The average Bonchev–Trinajstić information content (AvgIpc) is 2.39. The minimum absolute atomic E-state index is 0.341. The minimum atomic E-state index is -0.591. The van der Waals surface area contributed by atoms with Crippen LogP contribution in [0.4, 0.5) is 0 Å². The standard InChI is InChI=1S/C15H22ClNOS/c1-11(2)15(12-3-5-13(16)6-4-12)17-14-7-9-19(18)10-8-14/h3-6,11,14-15,17H,7-10H2,1-2H3. The van der Waals surface area contributed by atoms with E-state index in [2.05, 4.69) is 31.3 Å². The van der Waals surface area contributed by atoms with E-state index in [1.165, 1.54) is 5.56 Å². The van der Waals surface area contributed by atoms with E-state index in [9.17, 15) is 4.21 Å². The van der Waals surface area contributed by atoms with Crippen LogP contribution in [0.1, 0.15) is 38.3 Å². The molecular formula is C15H22ClNOS. The third kappa shape index (κ3) is 4.30. The Hall–Kier alpha value is -0.380. The summed E-state index contributed by atoms with van der Waals surface area (Å²) in [4.78, 5) is 0. The number of halogens is 1. The molecule has 1 aromatic carbocycles. The maximum atomic E-state index is 11.4. The van der Waals surface area contributed by atoms with Crippen molar-refractivity contribution in [1.82, 2.24) is 5.32 Å². The van der Waals surface area contributed by atoms with Crippen molar-refractivity contribution in [1.29, 1.82) is 0 Å². The van der Waals surface area contributed by atoms with Crippen LogP contribution in [0.3, 0.4) is 0 Å². The second kappa shape index (κ2) is 6.87. The van der Waals surface area contributed by atoms with Crippen molar-refractivity contribution >= 4 is 22.4 Å². The van der Waals surface area contributed by atoms with E-state index in [1.807, 2.05) is 12.1 Å². The van der Waals surface area contributed by atoms with Crippen LogP contribution in [-0.4, -0.2) is 21.8 Å². The number of rotatable bonds is 4. The molecule has 0 radical (unpaired) electrons. The van der Waals surface area contributed by atoms with Gasteiger partial charge in [-0.05, 0) is 36.5 Å². The highest BCUT2D eigenvalue weighted by Gasteiger charge is 2.23. The lowest BCUT2D eigenvalue weighted by atomic mass is 9.94. The lowest BCUT2D eigenvalue weighted by Gasteiger charge is -2.31. The fourth-order valence-electron chi connectivity index (χ4n) is 2.56. The Kier molecular flexibility index (Phi) is 5.43. The molecule has 1 atom stereocenters. The summed E-state index contributed by atoms with van der Waals surface area (Å²) in [6, 6.07) is 8.92. The Balaban J connectivity index is 2.04. The molecule has 1 unspecified atom stereocenters. The SMILES string of the molecule is CC(C)C(NC1CCS(=O)CC1)c1ccc(Cl)cc1. The molecule has 1 aliphatic heterocycles. The Morgan fingerprint density at radius 3 is 2.32 bits per heavy atom. The van der Waals surface area contributed by atoms with Gasteiger partial charge in [0.15, 0.2) is 0 Å². The molecule has 19 heavy (non-hydrogen) atoms. The van der Waals surface area contributed by atoms with Crippen LogP contribution in [0.25, 0.3) is 0 Å². The molecule has 106 valence electrons. The molecule has 1 saturated heterocycles. The predicted molar refractivity (Wildman–Crippen MR) is 83.1 cm³/mol. The Morgan fingerprint density at radius 2 is 1.79 bits per heavy atom. The van der Waals surface area contributed by atoms with Crippen LogP contribution in [0.5, 0.6) is 0 Å². The molecule has 2 nitrogen and oxygen atoms in total. The Morgan fingerprint density at radius 1 is 1.21 bits per heavy atom. The van der Waals surface area contributed by atoms with E-state index >= 15 is 0 Å². The third-order valence-electron chi connectivity index (χ3n) is 3.70. The summed E-state index contributed by atoms with van der Waals surface area (Å²) in [6.07, 6.45) is 2.03. The van der Waals surface area contributed by atoms with E-state index < -0.39 is 10.8 Å². The van der Waals surface area contributed by atoms with Crippen LogP contribution in [-0.2, 0) is 10.8 Å². The molecule has 1 heterocycles. The van der Waals surface area contributed by atoms with Gasteiger partial charge >= 0.3 is 0 Å². The van der Waals surface area contributed by atoms with Gasteiger partial charge in [-0.15, -0.1) is 0 Å². The first-order valence-corrected chi connectivity index (χ1v) is 8.79. The van der Waals surface area contributed by atoms with Crippen molar-refractivity contribution in [3.05, 3.63) is 34.9 Å². The highest BCUT2D eigenvalue weighted by Crippen LogP contribution is 2.25. The Bertz CT molecular complexity index is 422. The van der Waals surface area contributed by atoms with E-state index in [4.69, 9.17) is 11.6 Å². The van der Waals surface area contributed by atoms with Crippen LogP contribution in [0.2, 0.25) is 5.02 Å². The second-order valence-electron chi connectivity index (χ2n) is 5.56. The van der Waals surface area contributed by atoms with Gasteiger partial charge in [-0.3, -0.25) is 4.21 Å². The summed E-state index contributed by atoms with van der Waals surface area (Å²) in [5.41, 5.74) is 1.28. The molecule has 1 aliphatic rings. The number of nitrogens with one attached hydrogen (secondary N) is 1. The molecule has 4 heteroatoms. The molecule has 0 saturated carbocycles. The van der Waals surface area contributed by atoms with Crippen LogP contribution in [0, 0.1) is 5.92 Å². The van der Waals surface area contributed by atoms with Gasteiger partial charge in [0.05, 0.1) is 0 Å². The first-order valence-electron chi connectivity index (χ1n) is 6.92. The number of hydrogen-bond donors (Lipinski definition) is 1. The van der Waals surface area contributed by atoms with Crippen molar-refractivity contribution in [2.24, 2.45) is 5.92 Å². The fourth-order valence-corrected chi connectivity index (χ4v) is 3.98. The smallest absolute Gasteiger partial charge is 0.0406 e. The van der Waals surface area contributed by atoms with Gasteiger partial charge in [-0.2, -0.15) is 0 Å². The molecule has 2 rings (SSSR count). The molecule has 0 bridgehead atoms. The van der Waals surface area contributed by atoms with Crippen molar-refractivity contribution in [2.75, 3.05) is 11.5 Å². The van der Waals surface area contributed by atoms with E-state index in [1.54, 1.807) is 0 Å². The average molecular weight is 300 g/mol. The molecule has 1 fully saturated rings. The lowest BCUT2D eigenvalue weighted by Crippen LogP contribution is -2.39. The minimum Gasteiger partial charge on any atom is -0.307 e. The van der Waals surface area contributed by atoms with Crippen molar-refractivity contribution in [2.45, 2.75) is 38.8 Å². The number of benzene rings is 1. The van der Waals surface area contributed by atoms with Crippen LogP contribution >= 0.6 is 11.6 Å². The topological polar surface area (TPSA) is 29.1 Å². The molecule has 1 N–H and O–H groups in total. The summed E-state index contributed by atoms with van der Waals surface area (Å²) < 4.78 is 11.4. The van der Waals surface area contributed by atoms with Crippen LogP contribution in [0.15, 0.2) is 24.3 Å². The summed E-state index contributed by atoms with van der Waals surface area (Å²) >= 11 is 5.95. The van der Waals surface area contributed by atoms with E-state index in [-0.39, 0.29) is 0 Å². The largest absolute Gasteiger partial charge is 0.307 e.